The summed E-state index contributed by atoms with van der Waals surface area (Å²) in [5.74, 6) is 1.07. The number of fused-ring (bicyclic) bond motifs is 6. The molecule has 0 spiro atoms. The van der Waals surface area contributed by atoms with E-state index in [0.29, 0.717) is 11.8 Å². The van der Waals surface area contributed by atoms with Gasteiger partial charge >= 0.3 is 0 Å². The molecule has 4 heterocycles. The monoisotopic (exact) mass is 730 g/mol. The number of quaternary nitrogens is 1. The highest BCUT2D eigenvalue weighted by molar-refractivity contribution is 6.02. The van der Waals surface area contributed by atoms with E-state index in [1.54, 1.807) is 0 Å². The molecule has 2 bridgehead atoms. The van der Waals surface area contributed by atoms with Crippen molar-refractivity contribution in [2.24, 2.45) is 11.8 Å². The Morgan fingerprint density at radius 3 is 1.96 bits per heavy atom. The average Bonchev–Trinajstić information content (AvgIpc) is 3.19. The lowest BCUT2D eigenvalue weighted by atomic mass is 9.70. The van der Waals surface area contributed by atoms with Gasteiger partial charge in [0.2, 0.25) is 0 Å². The quantitative estimate of drug-likeness (QED) is 0.0854. The molecule has 1 unspecified atom stereocenters. The summed E-state index contributed by atoms with van der Waals surface area (Å²) in [6, 6.07) is 53.0. The fourth-order valence-corrected chi connectivity index (χ4v) is 9.45. The molecule has 0 aliphatic carbocycles. The molecule has 3 saturated heterocycles. The third-order valence-corrected chi connectivity index (χ3v) is 11.9. The molecule has 254 valence electrons. The van der Waals surface area contributed by atoms with Gasteiger partial charge in [0.15, 0.2) is 0 Å². The predicted molar refractivity (Wildman–Crippen MR) is 206 cm³/mol. The standard InChI is InChI=1S/C47H43N2O.BrH/c1-2-33-31-49(32-43-39-21-11-9-19-37(39)29-38-20-10-12-22-40(38)43)28-26-36(33)30-45(49)47(42-25-27-48-44-24-14-13-23-41(42)44)50-46(34-15-5-3-6-16-34)35-17-7-4-8-18-35;/h2-25,27,29,33,36,45-47H,1,26,28,30-32H2;1H/q+1;/p-1/t33-,36-,45+,47-,49?;/m0./s1. The number of benzene rings is 6. The van der Waals surface area contributed by atoms with E-state index in [0.717, 1.165) is 36.1 Å². The second kappa shape index (κ2) is 14.2. The zero-order valence-corrected chi connectivity index (χ0v) is 30.4. The number of para-hydroxylation sites is 1. The van der Waals surface area contributed by atoms with Crippen LogP contribution in [0.15, 0.2) is 164 Å². The molecular weight excluding hydrogens is 688 g/mol. The van der Waals surface area contributed by atoms with Gasteiger partial charge < -0.3 is 26.2 Å². The summed E-state index contributed by atoms with van der Waals surface area (Å²) in [6.07, 6.45) is 6.16. The summed E-state index contributed by atoms with van der Waals surface area (Å²) in [5.41, 5.74) is 6.05. The molecule has 5 atom stereocenters. The van der Waals surface area contributed by atoms with Crippen molar-refractivity contribution in [1.82, 2.24) is 4.98 Å². The van der Waals surface area contributed by atoms with Crippen molar-refractivity contribution in [2.45, 2.75) is 37.6 Å². The zero-order valence-electron chi connectivity index (χ0n) is 28.8. The number of ether oxygens (including phenoxy) is 1. The van der Waals surface area contributed by atoms with Gasteiger partial charge in [0.05, 0.1) is 18.6 Å². The lowest BCUT2D eigenvalue weighted by Gasteiger charge is -2.59. The molecule has 0 radical (unpaired) electrons. The normalized spacial score (nSPS) is 21.9. The lowest BCUT2D eigenvalue weighted by molar-refractivity contribution is -0.984. The van der Waals surface area contributed by atoms with Gasteiger partial charge in [-0.2, -0.15) is 0 Å². The molecule has 0 amide bonds. The van der Waals surface area contributed by atoms with E-state index < -0.39 is 0 Å². The Bertz CT molecular complexity index is 2210. The van der Waals surface area contributed by atoms with E-state index >= 15 is 0 Å². The highest BCUT2D eigenvalue weighted by Gasteiger charge is 2.55. The molecular formula is C47H43BrN2O. The lowest BCUT2D eigenvalue weighted by Crippen LogP contribution is -3.00. The minimum absolute atomic E-state index is 0. The maximum atomic E-state index is 7.75. The second-order valence-electron chi connectivity index (χ2n) is 14.5. The van der Waals surface area contributed by atoms with Gasteiger partial charge in [-0.3, -0.25) is 4.98 Å². The zero-order chi connectivity index (χ0) is 33.5. The molecule has 0 saturated carbocycles. The summed E-state index contributed by atoms with van der Waals surface area (Å²) in [7, 11) is 0. The Hall–Kier alpha value is -4.61. The Balaban J connectivity index is 0.00000374. The van der Waals surface area contributed by atoms with Crippen molar-refractivity contribution in [3.05, 3.63) is 187 Å². The van der Waals surface area contributed by atoms with Crippen LogP contribution in [-0.4, -0.2) is 28.6 Å². The number of rotatable bonds is 9. The van der Waals surface area contributed by atoms with Crippen LogP contribution >= 0.6 is 0 Å². The molecule has 1 aromatic heterocycles. The van der Waals surface area contributed by atoms with Crippen LogP contribution < -0.4 is 17.0 Å². The average molecular weight is 732 g/mol. The maximum Gasteiger partial charge on any atom is 0.136 e. The van der Waals surface area contributed by atoms with Crippen LogP contribution in [0, 0.1) is 11.8 Å². The van der Waals surface area contributed by atoms with Crippen LogP contribution in [0.3, 0.4) is 0 Å². The third kappa shape index (κ3) is 6.10. The maximum absolute atomic E-state index is 7.75. The summed E-state index contributed by atoms with van der Waals surface area (Å²) < 4.78 is 8.72. The first kappa shape index (κ1) is 33.5. The van der Waals surface area contributed by atoms with Gasteiger partial charge in [0.25, 0.3) is 0 Å². The Morgan fingerprint density at radius 1 is 0.725 bits per heavy atom. The van der Waals surface area contributed by atoms with Crippen molar-refractivity contribution >= 4 is 32.4 Å². The summed E-state index contributed by atoms with van der Waals surface area (Å²) >= 11 is 0. The topological polar surface area (TPSA) is 22.1 Å². The van der Waals surface area contributed by atoms with Crippen molar-refractivity contribution in [1.29, 1.82) is 0 Å². The van der Waals surface area contributed by atoms with Gasteiger partial charge in [-0.15, -0.1) is 6.58 Å². The largest absolute Gasteiger partial charge is 1.00 e. The molecule has 51 heavy (non-hydrogen) atoms. The fourth-order valence-electron chi connectivity index (χ4n) is 9.45. The first-order valence-electron chi connectivity index (χ1n) is 18.2. The van der Waals surface area contributed by atoms with Crippen molar-refractivity contribution in [3.8, 4) is 0 Å². The van der Waals surface area contributed by atoms with Crippen molar-refractivity contribution in [3.63, 3.8) is 0 Å². The highest BCUT2D eigenvalue weighted by Crippen LogP contribution is 2.51. The summed E-state index contributed by atoms with van der Waals surface area (Å²) in [5, 5.41) is 6.52. The first-order chi connectivity index (χ1) is 24.7. The van der Waals surface area contributed by atoms with Crippen LogP contribution in [0.5, 0.6) is 0 Å². The SMILES string of the molecule is C=C[C@H]1C[N+]2(Cc3c4ccccc4cc4ccccc34)CC[C@H]1C[C@@H]2[C@@H](OC(c1ccccc1)c1ccccc1)c1ccnc2ccccc12.[Br-]. The molecule has 3 fully saturated rings. The van der Waals surface area contributed by atoms with Gasteiger partial charge in [-0.05, 0) is 62.4 Å². The molecule has 0 N–H and O–H groups in total. The number of hydrogen-bond acceptors (Lipinski definition) is 2. The Kier molecular flexibility index (Phi) is 9.33. The van der Waals surface area contributed by atoms with Crippen LogP contribution in [0.1, 0.15) is 47.3 Å². The van der Waals surface area contributed by atoms with Crippen LogP contribution in [0.2, 0.25) is 0 Å². The van der Waals surface area contributed by atoms with Crippen LogP contribution in [0.25, 0.3) is 32.4 Å². The molecule has 6 aromatic carbocycles. The number of piperidine rings is 3. The minimum Gasteiger partial charge on any atom is -1.00 e. The number of pyridine rings is 1. The van der Waals surface area contributed by atoms with Crippen LogP contribution in [0.4, 0.5) is 0 Å². The van der Waals surface area contributed by atoms with E-state index in [9.17, 15) is 0 Å². The first-order valence-corrected chi connectivity index (χ1v) is 18.2. The van der Waals surface area contributed by atoms with E-state index in [1.165, 1.54) is 55.6 Å². The van der Waals surface area contributed by atoms with Gasteiger partial charge in [-0.25, -0.2) is 0 Å². The predicted octanol–water partition coefficient (Wildman–Crippen LogP) is 8.00. The van der Waals surface area contributed by atoms with E-state index in [2.05, 4.69) is 158 Å². The number of halogens is 1. The van der Waals surface area contributed by atoms with Crippen LogP contribution in [-0.2, 0) is 11.3 Å². The van der Waals surface area contributed by atoms with Crippen molar-refractivity contribution in [2.75, 3.05) is 13.1 Å². The smallest absolute Gasteiger partial charge is 0.136 e. The Labute approximate surface area is 311 Å². The summed E-state index contributed by atoms with van der Waals surface area (Å²) in [6.45, 7) is 7.54. The van der Waals surface area contributed by atoms with Crippen molar-refractivity contribution < 1.29 is 26.2 Å². The minimum atomic E-state index is -0.218. The van der Waals surface area contributed by atoms with Gasteiger partial charge in [-0.1, -0.05) is 133 Å². The molecule has 7 aromatic rings. The molecule has 3 nitrogen and oxygen atoms in total. The number of nitrogens with zero attached hydrogens (tertiary/aromatic N) is 2. The molecule has 3 aliphatic rings. The Morgan fingerprint density at radius 2 is 1.31 bits per heavy atom. The van der Waals surface area contributed by atoms with Gasteiger partial charge in [0.1, 0.15) is 24.8 Å². The molecule has 10 rings (SSSR count). The third-order valence-electron chi connectivity index (χ3n) is 11.9. The van der Waals surface area contributed by atoms with E-state index in [4.69, 9.17) is 9.72 Å². The number of hydrogen-bond donors (Lipinski definition) is 0. The highest BCUT2D eigenvalue weighted by atomic mass is 79.9. The number of aromatic nitrogens is 1. The molecule has 4 heteroatoms. The van der Waals surface area contributed by atoms with Gasteiger partial charge in [0, 0.05) is 35.9 Å². The second-order valence-corrected chi connectivity index (χ2v) is 14.5. The van der Waals surface area contributed by atoms with E-state index in [1.807, 2.05) is 6.20 Å². The van der Waals surface area contributed by atoms with E-state index in [-0.39, 0.29) is 35.2 Å². The summed E-state index contributed by atoms with van der Waals surface area (Å²) in [4.78, 5) is 4.82. The fraction of sp³-hybridized carbons (Fsp3) is 0.213. The molecule has 3 aliphatic heterocycles.